The molecule has 1 aromatic rings. The van der Waals surface area contributed by atoms with Gasteiger partial charge in [0, 0.05) is 5.56 Å². The lowest BCUT2D eigenvalue weighted by Crippen LogP contribution is -1.96. The van der Waals surface area contributed by atoms with Crippen LogP contribution in [-0.2, 0) is 11.3 Å². The molecule has 0 bridgehead atoms. The summed E-state index contributed by atoms with van der Waals surface area (Å²) in [6.45, 7) is 0.602. The van der Waals surface area contributed by atoms with Gasteiger partial charge in [0.2, 0.25) is 0 Å². The first-order valence-electron chi connectivity index (χ1n) is 3.76. The molecule has 0 atom stereocenters. The van der Waals surface area contributed by atoms with Gasteiger partial charge in [-0.15, -0.1) is 0 Å². The molecule has 1 aromatic carbocycles. The van der Waals surface area contributed by atoms with E-state index in [0.717, 1.165) is 17.4 Å². The Bertz CT molecular complexity index is 340. The van der Waals surface area contributed by atoms with E-state index in [1.807, 2.05) is 18.2 Å². The van der Waals surface area contributed by atoms with E-state index in [2.05, 4.69) is 0 Å². The second kappa shape index (κ2) is 2.81. The number of carbonyl (C=O) groups excluding carboxylic acids is 1. The highest BCUT2D eigenvalue weighted by atomic mass is 16.5. The molecule has 0 aromatic heterocycles. The third kappa shape index (κ3) is 1.11. The fourth-order valence-electron chi connectivity index (χ4n) is 1.23. The summed E-state index contributed by atoms with van der Waals surface area (Å²) in [5, 5.41) is 0. The van der Waals surface area contributed by atoms with Crippen LogP contribution in [0.15, 0.2) is 24.5 Å². The van der Waals surface area contributed by atoms with E-state index in [1.165, 1.54) is 0 Å². The van der Waals surface area contributed by atoms with Gasteiger partial charge in [-0.25, -0.2) is 0 Å². The van der Waals surface area contributed by atoms with Crippen molar-refractivity contribution < 1.29 is 9.53 Å². The maximum absolute atomic E-state index is 10.4. The van der Waals surface area contributed by atoms with Crippen LogP contribution in [0.5, 0.6) is 0 Å². The van der Waals surface area contributed by atoms with Crippen LogP contribution in [-0.4, -0.2) is 6.29 Å². The predicted molar refractivity (Wildman–Crippen MR) is 45.7 cm³/mol. The smallest absolute Gasteiger partial charge is 0.150 e. The van der Waals surface area contributed by atoms with Crippen LogP contribution < -0.4 is 0 Å². The van der Waals surface area contributed by atoms with E-state index in [4.69, 9.17) is 4.74 Å². The van der Waals surface area contributed by atoms with Gasteiger partial charge in [0.05, 0.1) is 6.26 Å². The Kier molecular flexibility index (Phi) is 1.67. The van der Waals surface area contributed by atoms with Crippen molar-refractivity contribution in [2.45, 2.75) is 6.61 Å². The largest absolute Gasteiger partial charge is 0.496 e. The summed E-state index contributed by atoms with van der Waals surface area (Å²) in [6.07, 6.45) is 4.37. The van der Waals surface area contributed by atoms with Crippen LogP contribution in [0.4, 0.5) is 0 Å². The Hall–Kier alpha value is -1.57. The lowest BCUT2D eigenvalue weighted by Gasteiger charge is -2.10. The molecule has 1 aliphatic heterocycles. The van der Waals surface area contributed by atoms with Crippen molar-refractivity contribution in [3.05, 3.63) is 41.2 Å². The molecule has 0 aliphatic carbocycles. The zero-order valence-electron chi connectivity index (χ0n) is 6.49. The molecular weight excluding hydrogens is 152 g/mol. The van der Waals surface area contributed by atoms with Crippen molar-refractivity contribution in [2.24, 2.45) is 0 Å². The average Bonchev–Trinajstić information content (AvgIpc) is 2.17. The monoisotopic (exact) mass is 160 g/mol. The second-order valence-electron chi connectivity index (χ2n) is 2.69. The molecule has 0 spiro atoms. The van der Waals surface area contributed by atoms with Crippen molar-refractivity contribution in [1.82, 2.24) is 0 Å². The average molecular weight is 160 g/mol. The van der Waals surface area contributed by atoms with Gasteiger partial charge in [-0.1, -0.05) is 12.1 Å². The number of aldehydes is 1. The second-order valence-corrected chi connectivity index (χ2v) is 2.69. The topological polar surface area (TPSA) is 26.3 Å². The fourth-order valence-corrected chi connectivity index (χ4v) is 1.23. The number of carbonyl (C=O) groups is 1. The van der Waals surface area contributed by atoms with Gasteiger partial charge in [0.25, 0.3) is 0 Å². The minimum Gasteiger partial charge on any atom is -0.496 e. The van der Waals surface area contributed by atoms with Crippen molar-refractivity contribution in [2.75, 3.05) is 0 Å². The number of rotatable bonds is 1. The molecule has 0 radical (unpaired) electrons. The number of fused-ring (bicyclic) bond motifs is 1. The van der Waals surface area contributed by atoms with Crippen LogP contribution in [0.1, 0.15) is 21.5 Å². The number of hydrogen-bond donors (Lipinski definition) is 0. The highest BCUT2D eigenvalue weighted by molar-refractivity contribution is 5.77. The third-order valence-electron chi connectivity index (χ3n) is 1.89. The lowest BCUT2D eigenvalue weighted by atomic mass is 10.0. The van der Waals surface area contributed by atoms with Gasteiger partial charge in [-0.2, -0.15) is 0 Å². The summed E-state index contributed by atoms with van der Waals surface area (Å²) in [4.78, 5) is 10.4. The summed E-state index contributed by atoms with van der Waals surface area (Å²) in [7, 11) is 0. The molecule has 0 saturated carbocycles. The van der Waals surface area contributed by atoms with Gasteiger partial charge in [0.15, 0.2) is 0 Å². The first-order valence-corrected chi connectivity index (χ1v) is 3.76. The Morgan fingerprint density at radius 2 is 2.33 bits per heavy atom. The van der Waals surface area contributed by atoms with Crippen LogP contribution >= 0.6 is 0 Å². The molecule has 2 rings (SSSR count). The summed E-state index contributed by atoms with van der Waals surface area (Å²) in [5.41, 5.74) is 2.91. The van der Waals surface area contributed by atoms with Crippen LogP contribution in [0.25, 0.3) is 6.08 Å². The Balaban J connectivity index is 2.51. The summed E-state index contributed by atoms with van der Waals surface area (Å²) in [6, 6.07) is 5.58. The molecule has 0 N–H and O–H groups in total. The minimum atomic E-state index is 0.602. The first kappa shape index (κ1) is 7.10. The predicted octanol–water partition coefficient (Wildman–Crippen LogP) is 2.00. The van der Waals surface area contributed by atoms with Gasteiger partial charge >= 0.3 is 0 Å². The van der Waals surface area contributed by atoms with Gasteiger partial charge < -0.3 is 4.74 Å². The Morgan fingerprint density at radius 3 is 3.17 bits per heavy atom. The maximum Gasteiger partial charge on any atom is 0.150 e. The highest BCUT2D eigenvalue weighted by Gasteiger charge is 2.04. The molecule has 60 valence electrons. The fraction of sp³-hybridized carbons (Fsp3) is 0.100. The molecule has 12 heavy (non-hydrogen) atoms. The summed E-state index contributed by atoms with van der Waals surface area (Å²) < 4.78 is 5.10. The molecule has 1 aliphatic rings. The SMILES string of the molecule is O=Cc1ccc2c(c1)C=COC2. The van der Waals surface area contributed by atoms with E-state index < -0.39 is 0 Å². The molecule has 0 saturated heterocycles. The molecule has 2 heteroatoms. The number of hydrogen-bond acceptors (Lipinski definition) is 2. The lowest BCUT2D eigenvalue weighted by molar-refractivity contribution is 0.112. The molecule has 0 amide bonds. The normalized spacial score (nSPS) is 13.3. The van der Waals surface area contributed by atoms with E-state index in [9.17, 15) is 4.79 Å². The van der Waals surface area contributed by atoms with E-state index in [0.29, 0.717) is 12.2 Å². The molecule has 1 heterocycles. The molecule has 0 fully saturated rings. The Labute approximate surface area is 70.5 Å². The third-order valence-corrected chi connectivity index (χ3v) is 1.89. The van der Waals surface area contributed by atoms with E-state index >= 15 is 0 Å². The standard InChI is InChI=1S/C10H8O2/c11-6-8-1-2-10-7-12-4-3-9(10)5-8/h1-6H,7H2. The van der Waals surface area contributed by atoms with Crippen molar-refractivity contribution >= 4 is 12.4 Å². The van der Waals surface area contributed by atoms with Crippen LogP contribution in [0, 0.1) is 0 Å². The van der Waals surface area contributed by atoms with Crippen LogP contribution in [0.3, 0.4) is 0 Å². The van der Waals surface area contributed by atoms with Gasteiger partial charge in [-0.05, 0) is 23.3 Å². The van der Waals surface area contributed by atoms with E-state index in [-0.39, 0.29) is 0 Å². The zero-order valence-corrected chi connectivity index (χ0v) is 6.49. The molecule has 0 unspecified atom stereocenters. The zero-order chi connectivity index (χ0) is 8.39. The number of benzene rings is 1. The van der Waals surface area contributed by atoms with E-state index in [1.54, 1.807) is 12.3 Å². The molecular formula is C10H8O2. The van der Waals surface area contributed by atoms with Gasteiger partial charge in [0.1, 0.15) is 12.9 Å². The minimum absolute atomic E-state index is 0.602. The van der Waals surface area contributed by atoms with Gasteiger partial charge in [-0.3, -0.25) is 4.79 Å². The summed E-state index contributed by atoms with van der Waals surface area (Å²) >= 11 is 0. The first-order chi connectivity index (χ1) is 5.90. The summed E-state index contributed by atoms with van der Waals surface area (Å²) in [5.74, 6) is 0. The van der Waals surface area contributed by atoms with Crippen molar-refractivity contribution in [3.63, 3.8) is 0 Å². The van der Waals surface area contributed by atoms with Crippen LogP contribution in [0.2, 0.25) is 0 Å². The number of ether oxygens (including phenoxy) is 1. The maximum atomic E-state index is 10.4. The molecule has 2 nitrogen and oxygen atoms in total. The Morgan fingerprint density at radius 1 is 1.42 bits per heavy atom. The van der Waals surface area contributed by atoms with Crippen molar-refractivity contribution in [1.29, 1.82) is 0 Å². The highest BCUT2D eigenvalue weighted by Crippen LogP contribution is 2.18. The van der Waals surface area contributed by atoms with Crippen molar-refractivity contribution in [3.8, 4) is 0 Å². The quantitative estimate of drug-likeness (QED) is 0.587.